The van der Waals surface area contributed by atoms with Crippen LogP contribution in [0.5, 0.6) is 0 Å². The lowest BCUT2D eigenvalue weighted by Crippen LogP contribution is -2.52. The molecule has 1 amide bonds. The van der Waals surface area contributed by atoms with Crippen molar-refractivity contribution in [2.24, 2.45) is 5.73 Å². The van der Waals surface area contributed by atoms with Crippen molar-refractivity contribution in [1.29, 1.82) is 0 Å². The van der Waals surface area contributed by atoms with E-state index in [0.717, 1.165) is 18.4 Å². The van der Waals surface area contributed by atoms with Gasteiger partial charge in [-0.1, -0.05) is 43.2 Å². The van der Waals surface area contributed by atoms with Gasteiger partial charge in [0.1, 0.15) is 0 Å². The maximum atomic E-state index is 12.0. The average molecular weight is 325 g/mol. The number of hydrogen-bond donors (Lipinski definition) is 3. The molecule has 1 aliphatic rings. The molecule has 122 valence electrons. The number of amides is 1. The van der Waals surface area contributed by atoms with E-state index < -0.39 is 15.6 Å². The zero-order valence-electron chi connectivity index (χ0n) is 12.5. The molecule has 0 radical (unpaired) electrons. The quantitative estimate of drug-likeness (QED) is 0.679. The number of sulfonamides is 1. The molecule has 22 heavy (non-hydrogen) atoms. The van der Waals surface area contributed by atoms with Crippen molar-refractivity contribution in [2.75, 3.05) is 12.3 Å². The third-order valence-electron chi connectivity index (χ3n) is 3.94. The molecule has 0 heterocycles. The fourth-order valence-electron chi connectivity index (χ4n) is 2.57. The molecular weight excluding hydrogens is 302 g/mol. The van der Waals surface area contributed by atoms with Gasteiger partial charge < -0.3 is 11.1 Å². The molecule has 0 bridgehead atoms. The Kier molecular flexibility index (Phi) is 5.55. The normalized spacial score (nSPS) is 17.3. The standard InChI is InChI=1S/C15H23N3O3S/c16-15(8-4-5-9-15)14(19)17-10-11-22(20,21)18-12-13-6-2-1-3-7-13/h1-3,6-7,18H,4-5,8-12,16H2,(H,17,19). The molecule has 0 aliphatic heterocycles. The number of nitrogens with two attached hydrogens (primary N) is 1. The molecular formula is C15H23N3O3S. The molecule has 0 atom stereocenters. The summed E-state index contributed by atoms with van der Waals surface area (Å²) in [4.78, 5) is 12.0. The first-order chi connectivity index (χ1) is 10.4. The molecule has 0 unspecified atom stereocenters. The van der Waals surface area contributed by atoms with Crippen LogP contribution in [0.3, 0.4) is 0 Å². The van der Waals surface area contributed by atoms with Crippen LogP contribution in [0.4, 0.5) is 0 Å². The predicted molar refractivity (Wildman–Crippen MR) is 85.5 cm³/mol. The van der Waals surface area contributed by atoms with Gasteiger partial charge in [0.25, 0.3) is 0 Å². The van der Waals surface area contributed by atoms with Crippen molar-refractivity contribution in [3.63, 3.8) is 0 Å². The summed E-state index contributed by atoms with van der Waals surface area (Å²) >= 11 is 0. The lowest BCUT2D eigenvalue weighted by molar-refractivity contribution is -0.126. The van der Waals surface area contributed by atoms with Crippen LogP contribution in [0, 0.1) is 0 Å². The molecule has 6 nitrogen and oxygen atoms in total. The van der Waals surface area contributed by atoms with Crippen LogP contribution in [-0.4, -0.2) is 32.2 Å². The Morgan fingerprint density at radius 3 is 2.45 bits per heavy atom. The summed E-state index contributed by atoms with van der Waals surface area (Å²) in [7, 11) is -3.42. The van der Waals surface area contributed by atoms with Gasteiger partial charge in [0.15, 0.2) is 0 Å². The first-order valence-corrected chi connectivity index (χ1v) is 9.15. The predicted octanol–water partition coefficient (Wildman–Crippen LogP) is 0.494. The number of rotatable bonds is 7. The van der Waals surface area contributed by atoms with Gasteiger partial charge in [-0.25, -0.2) is 13.1 Å². The van der Waals surface area contributed by atoms with Gasteiger partial charge in [0.05, 0.1) is 11.3 Å². The fourth-order valence-corrected chi connectivity index (χ4v) is 3.47. The monoisotopic (exact) mass is 325 g/mol. The molecule has 7 heteroatoms. The van der Waals surface area contributed by atoms with E-state index in [1.54, 1.807) is 0 Å². The topological polar surface area (TPSA) is 101 Å². The van der Waals surface area contributed by atoms with Crippen LogP contribution >= 0.6 is 0 Å². The van der Waals surface area contributed by atoms with E-state index in [-0.39, 0.29) is 24.7 Å². The SMILES string of the molecule is NC1(C(=O)NCCS(=O)(=O)NCc2ccccc2)CCCC1. The molecule has 1 saturated carbocycles. The highest BCUT2D eigenvalue weighted by atomic mass is 32.2. The lowest BCUT2D eigenvalue weighted by atomic mass is 9.98. The largest absolute Gasteiger partial charge is 0.353 e. The van der Waals surface area contributed by atoms with Crippen molar-refractivity contribution >= 4 is 15.9 Å². The van der Waals surface area contributed by atoms with Crippen LogP contribution in [0.2, 0.25) is 0 Å². The molecule has 0 spiro atoms. The van der Waals surface area contributed by atoms with Crippen molar-refractivity contribution in [3.8, 4) is 0 Å². The summed E-state index contributed by atoms with van der Waals surface area (Å²) in [5.74, 6) is -0.398. The van der Waals surface area contributed by atoms with Gasteiger partial charge in [0, 0.05) is 13.1 Å². The Balaban J connectivity index is 1.74. The summed E-state index contributed by atoms with van der Waals surface area (Å²) in [6.45, 7) is 0.319. The van der Waals surface area contributed by atoms with E-state index in [4.69, 9.17) is 5.73 Å². The van der Waals surface area contributed by atoms with Gasteiger partial charge in [-0.2, -0.15) is 0 Å². The Morgan fingerprint density at radius 1 is 1.18 bits per heavy atom. The van der Waals surface area contributed by atoms with Gasteiger partial charge >= 0.3 is 0 Å². The van der Waals surface area contributed by atoms with E-state index in [2.05, 4.69) is 10.0 Å². The minimum atomic E-state index is -3.42. The highest BCUT2D eigenvalue weighted by molar-refractivity contribution is 7.89. The third kappa shape index (κ3) is 4.79. The van der Waals surface area contributed by atoms with Gasteiger partial charge in [-0.3, -0.25) is 4.79 Å². The summed E-state index contributed by atoms with van der Waals surface area (Å²) in [5, 5.41) is 2.64. The molecule has 0 saturated heterocycles. The smallest absolute Gasteiger partial charge is 0.240 e. The number of hydrogen-bond acceptors (Lipinski definition) is 4. The molecule has 0 aromatic heterocycles. The van der Waals surface area contributed by atoms with E-state index in [1.807, 2.05) is 30.3 Å². The minimum absolute atomic E-state index is 0.0713. The van der Waals surface area contributed by atoms with Gasteiger partial charge in [-0.15, -0.1) is 0 Å². The highest BCUT2D eigenvalue weighted by Crippen LogP contribution is 2.27. The number of carbonyl (C=O) groups excluding carboxylic acids is 1. The van der Waals surface area contributed by atoms with Crippen molar-refractivity contribution in [1.82, 2.24) is 10.0 Å². The maximum absolute atomic E-state index is 12.0. The Morgan fingerprint density at radius 2 is 1.82 bits per heavy atom. The van der Waals surface area contributed by atoms with Crippen LogP contribution in [0.15, 0.2) is 30.3 Å². The highest BCUT2D eigenvalue weighted by Gasteiger charge is 2.36. The summed E-state index contributed by atoms with van der Waals surface area (Å²) in [5.41, 5.74) is 6.08. The van der Waals surface area contributed by atoms with Crippen LogP contribution in [-0.2, 0) is 21.4 Å². The first-order valence-electron chi connectivity index (χ1n) is 7.50. The molecule has 1 aliphatic carbocycles. The second-order valence-corrected chi connectivity index (χ2v) is 7.67. The van der Waals surface area contributed by atoms with E-state index in [1.165, 1.54) is 0 Å². The Hall–Kier alpha value is -1.44. The van der Waals surface area contributed by atoms with Crippen LogP contribution in [0.1, 0.15) is 31.2 Å². The second-order valence-electron chi connectivity index (χ2n) is 5.74. The molecule has 1 fully saturated rings. The third-order valence-corrected chi connectivity index (χ3v) is 5.27. The molecule has 1 aromatic rings. The van der Waals surface area contributed by atoms with E-state index in [9.17, 15) is 13.2 Å². The number of benzene rings is 1. The van der Waals surface area contributed by atoms with E-state index in [0.29, 0.717) is 12.8 Å². The molecule has 2 rings (SSSR count). The van der Waals surface area contributed by atoms with Crippen molar-refractivity contribution in [3.05, 3.63) is 35.9 Å². The number of nitrogens with one attached hydrogen (secondary N) is 2. The summed E-state index contributed by atoms with van der Waals surface area (Å²) in [6.07, 6.45) is 3.22. The van der Waals surface area contributed by atoms with E-state index >= 15 is 0 Å². The zero-order valence-corrected chi connectivity index (χ0v) is 13.4. The van der Waals surface area contributed by atoms with Crippen molar-refractivity contribution in [2.45, 2.75) is 37.8 Å². The second kappa shape index (κ2) is 7.21. The maximum Gasteiger partial charge on any atom is 0.240 e. The van der Waals surface area contributed by atoms with Crippen LogP contribution in [0.25, 0.3) is 0 Å². The first kappa shape index (κ1) is 16.9. The number of carbonyl (C=O) groups is 1. The summed E-state index contributed by atoms with van der Waals surface area (Å²) in [6, 6.07) is 9.28. The lowest BCUT2D eigenvalue weighted by Gasteiger charge is -2.22. The molecule has 1 aromatic carbocycles. The molecule has 4 N–H and O–H groups in total. The Bertz CT molecular complexity index is 596. The van der Waals surface area contributed by atoms with Crippen LogP contribution < -0.4 is 15.8 Å². The average Bonchev–Trinajstić information content (AvgIpc) is 2.94. The zero-order chi connectivity index (χ0) is 16.1. The van der Waals surface area contributed by atoms with Gasteiger partial charge in [0.2, 0.25) is 15.9 Å². The fraction of sp³-hybridized carbons (Fsp3) is 0.533. The Labute approximate surface area is 131 Å². The van der Waals surface area contributed by atoms with Gasteiger partial charge in [-0.05, 0) is 18.4 Å². The van der Waals surface area contributed by atoms with Crippen molar-refractivity contribution < 1.29 is 13.2 Å². The summed E-state index contributed by atoms with van der Waals surface area (Å²) < 4.78 is 26.3. The minimum Gasteiger partial charge on any atom is -0.353 e.